The Kier molecular flexibility index (Phi) is 7.06. The molecule has 0 spiro atoms. The van der Waals surface area contributed by atoms with Gasteiger partial charge in [0.2, 0.25) is 0 Å². The first-order chi connectivity index (χ1) is 16.2. The molecule has 0 atom stereocenters. The Morgan fingerprint density at radius 1 is 0.971 bits per heavy atom. The van der Waals surface area contributed by atoms with E-state index in [1.165, 1.54) is 12.1 Å². The predicted octanol–water partition coefficient (Wildman–Crippen LogP) is 2.90. The highest BCUT2D eigenvalue weighted by Crippen LogP contribution is 2.60. The highest BCUT2D eigenvalue weighted by Gasteiger charge is 2.69. The molecule has 2 bridgehead atoms. The first-order valence-electron chi connectivity index (χ1n) is 10.7. The van der Waals surface area contributed by atoms with Gasteiger partial charge >= 0.3 is 0 Å². The number of halogens is 3. The smallest absolute Gasteiger partial charge is 0.258 e. The minimum atomic E-state index is -0.616. The molecule has 3 aliphatic rings. The van der Waals surface area contributed by atoms with Crippen molar-refractivity contribution in [2.45, 2.75) is 30.3 Å². The molecular weight excluding hydrogens is 488 g/mol. The molecule has 0 heterocycles. The van der Waals surface area contributed by atoms with Crippen LogP contribution >= 0.6 is 23.2 Å². The summed E-state index contributed by atoms with van der Waals surface area (Å²) in [7, 11) is 0. The number of aliphatic hydroxyl groups excluding tert-OH is 1. The van der Waals surface area contributed by atoms with Crippen LogP contribution in [0.5, 0.6) is 11.5 Å². The van der Waals surface area contributed by atoms with Crippen LogP contribution < -0.4 is 25.4 Å². The zero-order chi connectivity index (χ0) is 24.3. The fourth-order valence-corrected chi connectivity index (χ4v) is 4.82. The van der Waals surface area contributed by atoms with Gasteiger partial charge in [-0.1, -0.05) is 23.2 Å². The van der Waals surface area contributed by atoms with E-state index >= 15 is 0 Å². The first-order valence-corrected chi connectivity index (χ1v) is 11.4. The largest absolute Gasteiger partial charge is 0.484 e. The number of carbonyl (C=O) groups excluding carboxylic acids is 2. The quantitative estimate of drug-likeness (QED) is 0.369. The molecule has 2 aromatic carbocycles. The van der Waals surface area contributed by atoms with Crippen LogP contribution in [0.2, 0.25) is 10.0 Å². The second kappa shape index (κ2) is 9.85. The van der Waals surface area contributed by atoms with Gasteiger partial charge in [-0.2, -0.15) is 0 Å². The molecule has 3 saturated carbocycles. The van der Waals surface area contributed by atoms with Gasteiger partial charge in [-0.25, -0.2) is 4.39 Å². The third-order valence-electron chi connectivity index (χ3n) is 5.83. The average molecular weight is 512 g/mol. The van der Waals surface area contributed by atoms with Crippen molar-refractivity contribution in [1.29, 1.82) is 0 Å². The predicted molar refractivity (Wildman–Crippen MR) is 125 cm³/mol. The molecule has 0 radical (unpaired) electrons. The molecule has 182 valence electrons. The van der Waals surface area contributed by atoms with Gasteiger partial charge in [-0.15, -0.1) is 0 Å². The zero-order valence-corrected chi connectivity index (χ0v) is 19.6. The van der Waals surface area contributed by atoms with Crippen LogP contribution in [-0.2, 0) is 9.59 Å². The number of rotatable bonds is 11. The van der Waals surface area contributed by atoms with E-state index in [-0.39, 0.29) is 53.5 Å². The molecule has 2 aromatic rings. The van der Waals surface area contributed by atoms with E-state index in [4.69, 9.17) is 37.8 Å². The van der Waals surface area contributed by atoms with Crippen molar-refractivity contribution in [3.05, 3.63) is 52.3 Å². The van der Waals surface area contributed by atoms with Crippen molar-refractivity contribution in [1.82, 2.24) is 10.6 Å². The Morgan fingerprint density at radius 2 is 1.62 bits per heavy atom. The summed E-state index contributed by atoms with van der Waals surface area (Å²) in [6.45, 7) is -0.160. The van der Waals surface area contributed by atoms with Gasteiger partial charge in [0.15, 0.2) is 13.2 Å². The van der Waals surface area contributed by atoms with Crippen LogP contribution in [0.15, 0.2) is 36.4 Å². The van der Waals surface area contributed by atoms with Crippen LogP contribution in [-0.4, -0.2) is 54.4 Å². The molecule has 8 nitrogen and oxygen atoms in total. The lowest BCUT2D eigenvalue weighted by molar-refractivity contribution is -0.151. The van der Waals surface area contributed by atoms with Crippen LogP contribution in [0.25, 0.3) is 0 Å². The number of hydrogen-bond acceptors (Lipinski definition) is 6. The molecule has 11 heteroatoms. The van der Waals surface area contributed by atoms with Crippen molar-refractivity contribution >= 4 is 40.7 Å². The van der Waals surface area contributed by atoms with Crippen molar-refractivity contribution < 1.29 is 28.6 Å². The van der Waals surface area contributed by atoms with E-state index in [0.717, 1.165) is 6.07 Å². The maximum Gasteiger partial charge on any atom is 0.258 e. The standard InChI is InChI=1S/C23H24Cl2FN3O5/c24-14-1-4-19(18(7-14)27-5-6-30)34-10-21(32)29-23-11-22(12-23,13-23)28-20(31)9-33-15-2-3-16(25)17(26)8-15/h1-4,7-8,27,30H,5-6,9-13H2,(H,28,31)(H,29,32). The molecule has 0 saturated heterocycles. The molecule has 3 aliphatic carbocycles. The van der Waals surface area contributed by atoms with Crippen LogP contribution in [0.4, 0.5) is 10.1 Å². The number of nitrogens with one attached hydrogen (secondary N) is 3. The van der Waals surface area contributed by atoms with E-state index < -0.39 is 5.82 Å². The van der Waals surface area contributed by atoms with Crippen molar-refractivity contribution in [3.8, 4) is 11.5 Å². The maximum atomic E-state index is 13.5. The van der Waals surface area contributed by atoms with E-state index in [1.54, 1.807) is 18.2 Å². The van der Waals surface area contributed by atoms with E-state index in [2.05, 4.69) is 16.0 Å². The summed E-state index contributed by atoms with van der Waals surface area (Å²) >= 11 is 11.6. The molecule has 2 amide bonds. The van der Waals surface area contributed by atoms with Crippen molar-refractivity contribution in [2.24, 2.45) is 0 Å². The summed E-state index contributed by atoms with van der Waals surface area (Å²) in [5, 5.41) is 18.4. The Hall–Kier alpha value is -2.75. The van der Waals surface area contributed by atoms with Crippen molar-refractivity contribution in [2.75, 3.05) is 31.7 Å². The summed E-state index contributed by atoms with van der Waals surface area (Å²) in [4.78, 5) is 24.6. The van der Waals surface area contributed by atoms with Crippen LogP contribution in [0.3, 0.4) is 0 Å². The van der Waals surface area contributed by atoms with E-state index in [9.17, 15) is 14.0 Å². The Labute approximate surface area is 205 Å². The van der Waals surface area contributed by atoms with Gasteiger partial charge in [-0.05, 0) is 49.6 Å². The molecule has 5 rings (SSSR count). The lowest BCUT2D eigenvalue weighted by atomic mass is 9.44. The first kappa shape index (κ1) is 24.4. The maximum absolute atomic E-state index is 13.5. The highest BCUT2D eigenvalue weighted by molar-refractivity contribution is 6.31. The summed E-state index contributed by atoms with van der Waals surface area (Å²) in [5.41, 5.74) is -0.103. The monoisotopic (exact) mass is 511 g/mol. The van der Waals surface area contributed by atoms with Gasteiger partial charge in [0.25, 0.3) is 11.8 Å². The number of anilines is 1. The van der Waals surface area contributed by atoms with E-state index in [0.29, 0.717) is 42.3 Å². The third-order valence-corrected chi connectivity index (χ3v) is 6.37. The SMILES string of the molecule is O=C(COc1ccc(Cl)c(F)c1)NC12CC(NC(=O)COc3ccc(Cl)cc3NCCO)(C1)C2. The second-order valence-electron chi connectivity index (χ2n) is 8.63. The molecule has 34 heavy (non-hydrogen) atoms. The molecule has 0 unspecified atom stereocenters. The third kappa shape index (κ3) is 5.48. The Morgan fingerprint density at radius 3 is 2.24 bits per heavy atom. The summed E-state index contributed by atoms with van der Waals surface area (Å²) in [6.07, 6.45) is 1.87. The van der Waals surface area contributed by atoms with Gasteiger partial charge in [-0.3, -0.25) is 9.59 Å². The Bertz CT molecular complexity index is 1080. The summed E-state index contributed by atoms with van der Waals surface area (Å²) in [6, 6.07) is 8.94. The molecule has 3 fully saturated rings. The molecule has 4 N–H and O–H groups in total. The zero-order valence-electron chi connectivity index (χ0n) is 18.1. The number of aliphatic hydroxyl groups is 1. The topological polar surface area (TPSA) is 109 Å². The van der Waals surface area contributed by atoms with Gasteiger partial charge < -0.3 is 30.5 Å². The number of carbonyl (C=O) groups is 2. The second-order valence-corrected chi connectivity index (χ2v) is 9.48. The number of ether oxygens (including phenoxy) is 2. The molecular formula is C23H24Cl2FN3O5. The minimum absolute atomic E-state index is 0.0182. The Balaban J connectivity index is 1.19. The lowest BCUT2D eigenvalue weighted by Gasteiger charge is -2.70. The summed E-state index contributed by atoms with van der Waals surface area (Å²) < 4.78 is 24.4. The lowest BCUT2D eigenvalue weighted by Crippen LogP contribution is -2.84. The number of amides is 2. The van der Waals surface area contributed by atoms with E-state index in [1.807, 2.05) is 0 Å². The highest BCUT2D eigenvalue weighted by atomic mass is 35.5. The molecule has 0 aliphatic heterocycles. The van der Waals surface area contributed by atoms with Crippen LogP contribution in [0, 0.1) is 5.82 Å². The normalized spacial score (nSPS) is 22.1. The number of hydrogen-bond donors (Lipinski definition) is 4. The number of benzene rings is 2. The minimum Gasteiger partial charge on any atom is -0.484 e. The van der Waals surface area contributed by atoms with Gasteiger partial charge in [0.1, 0.15) is 17.3 Å². The summed E-state index contributed by atoms with van der Waals surface area (Å²) in [5.74, 6) is -0.530. The van der Waals surface area contributed by atoms with Gasteiger partial charge in [0.05, 0.1) is 17.3 Å². The van der Waals surface area contributed by atoms with Crippen molar-refractivity contribution in [3.63, 3.8) is 0 Å². The fourth-order valence-electron chi connectivity index (χ4n) is 4.53. The van der Waals surface area contributed by atoms with Crippen LogP contribution in [0.1, 0.15) is 19.3 Å². The fraction of sp³-hybridized carbons (Fsp3) is 0.391. The average Bonchev–Trinajstić information content (AvgIpc) is 2.75. The molecule has 0 aromatic heterocycles. The van der Waals surface area contributed by atoms with Gasteiger partial charge in [0, 0.05) is 28.7 Å².